The number of likely N-dealkylation sites (N-methyl/N-ethyl adjacent to an activating group) is 1. The maximum absolute atomic E-state index is 13.3. The van der Waals surface area contributed by atoms with Gasteiger partial charge in [-0.1, -0.05) is 19.9 Å². The molecule has 7 heteroatoms. The Bertz CT molecular complexity index is 574. The van der Waals surface area contributed by atoms with Crippen molar-refractivity contribution in [1.82, 2.24) is 9.62 Å². The standard InChI is InChI=1S/C14H23FN2O3S/c1-10(2)13(8-17(3)4)16-21(19,20)14-7-12(15)6-5-11(14)9-18/h5-7,10,13,16,18H,8-9H2,1-4H3. The third-order valence-electron chi connectivity index (χ3n) is 3.16. The number of hydrogen-bond acceptors (Lipinski definition) is 4. The number of aliphatic hydroxyl groups excluding tert-OH is 1. The van der Waals surface area contributed by atoms with Gasteiger partial charge in [-0.2, -0.15) is 0 Å². The molecule has 0 amide bonds. The van der Waals surface area contributed by atoms with Gasteiger partial charge < -0.3 is 10.0 Å². The van der Waals surface area contributed by atoms with E-state index in [4.69, 9.17) is 0 Å². The number of halogens is 1. The number of sulfonamides is 1. The predicted molar refractivity (Wildman–Crippen MR) is 79.8 cm³/mol. The van der Waals surface area contributed by atoms with E-state index in [1.165, 1.54) is 6.07 Å². The van der Waals surface area contributed by atoms with Gasteiger partial charge >= 0.3 is 0 Å². The van der Waals surface area contributed by atoms with E-state index in [0.29, 0.717) is 6.54 Å². The molecule has 2 N–H and O–H groups in total. The van der Waals surface area contributed by atoms with Crippen molar-refractivity contribution in [3.05, 3.63) is 29.6 Å². The van der Waals surface area contributed by atoms with E-state index in [1.807, 2.05) is 32.8 Å². The van der Waals surface area contributed by atoms with Crippen LogP contribution in [0.1, 0.15) is 19.4 Å². The molecule has 0 saturated heterocycles. The molecule has 0 aliphatic rings. The molecule has 21 heavy (non-hydrogen) atoms. The molecule has 0 spiro atoms. The minimum Gasteiger partial charge on any atom is -0.392 e. The number of benzene rings is 1. The van der Waals surface area contributed by atoms with Crippen molar-refractivity contribution in [2.75, 3.05) is 20.6 Å². The molecule has 120 valence electrons. The zero-order valence-corrected chi connectivity index (χ0v) is 13.6. The predicted octanol–water partition coefficient (Wildman–Crippen LogP) is 1.18. The SMILES string of the molecule is CC(C)C(CN(C)C)NS(=O)(=O)c1cc(F)ccc1CO. The molecule has 1 unspecified atom stereocenters. The minimum absolute atomic E-state index is 0.0771. The van der Waals surface area contributed by atoms with Crippen LogP contribution in [0.3, 0.4) is 0 Å². The molecular formula is C14H23FN2O3S. The summed E-state index contributed by atoms with van der Waals surface area (Å²) in [6.07, 6.45) is 0. The van der Waals surface area contributed by atoms with Crippen LogP contribution in [0.15, 0.2) is 23.1 Å². The molecule has 0 aliphatic heterocycles. The lowest BCUT2D eigenvalue weighted by Gasteiger charge is -2.25. The Hall–Kier alpha value is -1.02. The van der Waals surface area contributed by atoms with Crippen molar-refractivity contribution in [2.45, 2.75) is 31.4 Å². The second kappa shape index (κ2) is 7.31. The highest BCUT2D eigenvalue weighted by molar-refractivity contribution is 7.89. The van der Waals surface area contributed by atoms with E-state index in [1.54, 1.807) is 0 Å². The molecule has 0 aliphatic carbocycles. The topological polar surface area (TPSA) is 69.6 Å². The minimum atomic E-state index is -3.89. The Kier molecular flexibility index (Phi) is 6.27. The second-order valence-corrected chi connectivity index (χ2v) is 7.33. The molecule has 5 nitrogen and oxygen atoms in total. The molecule has 1 rings (SSSR count). The van der Waals surface area contributed by atoms with Crippen LogP contribution in [-0.2, 0) is 16.6 Å². The fourth-order valence-corrected chi connectivity index (χ4v) is 3.57. The lowest BCUT2D eigenvalue weighted by Crippen LogP contribution is -2.45. The monoisotopic (exact) mass is 318 g/mol. The smallest absolute Gasteiger partial charge is 0.241 e. The van der Waals surface area contributed by atoms with Crippen molar-refractivity contribution in [3.8, 4) is 0 Å². The number of rotatable bonds is 7. The van der Waals surface area contributed by atoms with Gasteiger partial charge in [0.2, 0.25) is 10.0 Å². The van der Waals surface area contributed by atoms with E-state index < -0.39 is 22.4 Å². The third-order valence-corrected chi connectivity index (χ3v) is 4.73. The summed E-state index contributed by atoms with van der Waals surface area (Å²) in [5, 5.41) is 9.24. The molecule has 1 aromatic carbocycles. The van der Waals surface area contributed by atoms with Gasteiger partial charge in [0.1, 0.15) is 5.82 Å². The summed E-state index contributed by atoms with van der Waals surface area (Å²) in [7, 11) is -0.188. The van der Waals surface area contributed by atoms with Gasteiger partial charge in [-0.05, 0) is 37.7 Å². The molecule has 0 fully saturated rings. The fraction of sp³-hybridized carbons (Fsp3) is 0.571. The Labute approximate surface area is 125 Å². The fourth-order valence-electron chi connectivity index (χ4n) is 1.95. The highest BCUT2D eigenvalue weighted by Gasteiger charge is 2.25. The molecule has 0 radical (unpaired) electrons. The highest BCUT2D eigenvalue weighted by atomic mass is 32.2. The first-order valence-electron chi connectivity index (χ1n) is 6.73. The average molecular weight is 318 g/mol. The first-order valence-corrected chi connectivity index (χ1v) is 8.22. The van der Waals surface area contributed by atoms with Gasteiger partial charge in [0.15, 0.2) is 0 Å². The van der Waals surface area contributed by atoms with E-state index in [9.17, 15) is 17.9 Å². The molecule has 0 aromatic heterocycles. The van der Waals surface area contributed by atoms with Crippen LogP contribution in [0, 0.1) is 11.7 Å². The van der Waals surface area contributed by atoms with Gasteiger partial charge in [-0.15, -0.1) is 0 Å². The number of nitrogens with zero attached hydrogens (tertiary/aromatic N) is 1. The van der Waals surface area contributed by atoms with E-state index in [0.717, 1.165) is 12.1 Å². The van der Waals surface area contributed by atoms with Crippen molar-refractivity contribution < 1.29 is 17.9 Å². The maximum Gasteiger partial charge on any atom is 0.241 e. The summed E-state index contributed by atoms with van der Waals surface area (Å²) >= 11 is 0. The summed E-state index contributed by atoms with van der Waals surface area (Å²) < 4.78 is 40.8. The Morgan fingerprint density at radius 2 is 1.95 bits per heavy atom. The van der Waals surface area contributed by atoms with Crippen molar-refractivity contribution >= 4 is 10.0 Å². The number of hydrogen-bond donors (Lipinski definition) is 2. The summed E-state index contributed by atoms with van der Waals surface area (Å²) in [6.45, 7) is 3.89. The Balaban J connectivity index is 3.13. The number of nitrogens with one attached hydrogen (secondary N) is 1. The van der Waals surface area contributed by atoms with Gasteiger partial charge in [0.05, 0.1) is 11.5 Å². The van der Waals surface area contributed by atoms with Crippen LogP contribution >= 0.6 is 0 Å². The van der Waals surface area contributed by atoms with Gasteiger partial charge in [-0.25, -0.2) is 17.5 Å². The molecule has 1 atom stereocenters. The molecule has 0 heterocycles. The van der Waals surface area contributed by atoms with Crippen LogP contribution in [0.25, 0.3) is 0 Å². The van der Waals surface area contributed by atoms with Crippen molar-refractivity contribution in [3.63, 3.8) is 0 Å². The molecule has 1 aromatic rings. The van der Waals surface area contributed by atoms with Gasteiger partial charge in [0, 0.05) is 12.6 Å². The zero-order chi connectivity index (χ0) is 16.2. The lowest BCUT2D eigenvalue weighted by molar-refractivity contribution is 0.278. The third kappa shape index (κ3) is 5.03. The first kappa shape index (κ1) is 18.0. The Morgan fingerprint density at radius 3 is 2.43 bits per heavy atom. The van der Waals surface area contributed by atoms with Crippen LogP contribution in [0.5, 0.6) is 0 Å². The van der Waals surface area contributed by atoms with Crippen LogP contribution in [-0.4, -0.2) is 45.1 Å². The van der Waals surface area contributed by atoms with E-state index in [-0.39, 0.29) is 22.4 Å². The Morgan fingerprint density at radius 1 is 1.33 bits per heavy atom. The largest absolute Gasteiger partial charge is 0.392 e. The first-order chi connectivity index (χ1) is 9.67. The molecule has 0 saturated carbocycles. The summed E-state index contributed by atoms with van der Waals surface area (Å²) in [6, 6.07) is 3.03. The second-order valence-electron chi connectivity index (χ2n) is 5.64. The normalized spacial score (nSPS) is 13.9. The number of aliphatic hydroxyl groups is 1. The lowest BCUT2D eigenvalue weighted by atomic mass is 10.1. The zero-order valence-electron chi connectivity index (χ0n) is 12.8. The van der Waals surface area contributed by atoms with Crippen molar-refractivity contribution in [2.24, 2.45) is 5.92 Å². The van der Waals surface area contributed by atoms with Gasteiger partial charge in [-0.3, -0.25) is 0 Å². The molecule has 0 bridgehead atoms. The van der Waals surface area contributed by atoms with Crippen LogP contribution in [0.2, 0.25) is 0 Å². The van der Waals surface area contributed by atoms with Crippen LogP contribution < -0.4 is 4.72 Å². The summed E-state index contributed by atoms with van der Waals surface area (Å²) in [4.78, 5) is 1.67. The quantitative estimate of drug-likeness (QED) is 0.792. The molecular weight excluding hydrogens is 295 g/mol. The highest BCUT2D eigenvalue weighted by Crippen LogP contribution is 2.19. The van der Waals surface area contributed by atoms with E-state index in [2.05, 4.69) is 4.72 Å². The van der Waals surface area contributed by atoms with Gasteiger partial charge in [0.25, 0.3) is 0 Å². The van der Waals surface area contributed by atoms with Crippen molar-refractivity contribution in [1.29, 1.82) is 0 Å². The average Bonchev–Trinajstić information content (AvgIpc) is 2.37. The van der Waals surface area contributed by atoms with E-state index >= 15 is 0 Å². The van der Waals surface area contributed by atoms with Crippen LogP contribution in [0.4, 0.5) is 4.39 Å². The maximum atomic E-state index is 13.3. The summed E-state index contributed by atoms with van der Waals surface area (Å²) in [5.74, 6) is -0.574. The summed E-state index contributed by atoms with van der Waals surface area (Å²) in [5.41, 5.74) is 0.177.